The van der Waals surface area contributed by atoms with E-state index in [2.05, 4.69) is 10.6 Å². The zero-order valence-electron chi connectivity index (χ0n) is 14.4. The number of carboxylic acids is 1. The molecule has 2 unspecified atom stereocenters. The van der Waals surface area contributed by atoms with Crippen LogP contribution in [0.1, 0.15) is 34.0 Å². The molecular formula is C20H22N2O4. The fourth-order valence-electron chi connectivity index (χ4n) is 3.09. The third kappa shape index (κ3) is 4.61. The molecule has 2 aromatic carbocycles. The number of benzene rings is 2. The molecule has 0 radical (unpaired) electrons. The fraction of sp³-hybridized carbons (Fsp3) is 0.300. The molecule has 0 saturated carbocycles. The Morgan fingerprint density at radius 1 is 1.04 bits per heavy atom. The van der Waals surface area contributed by atoms with E-state index in [1.807, 2.05) is 30.3 Å². The average molecular weight is 354 g/mol. The molecule has 2 atom stereocenters. The largest absolute Gasteiger partial charge is 0.478 e. The van der Waals surface area contributed by atoms with Crippen molar-refractivity contribution in [3.05, 3.63) is 71.3 Å². The lowest BCUT2D eigenvalue weighted by molar-refractivity contribution is 0.0696. The summed E-state index contributed by atoms with van der Waals surface area (Å²) >= 11 is 0. The molecule has 0 spiro atoms. The molecule has 0 aliphatic carbocycles. The number of nitrogens with one attached hydrogen (secondary N) is 2. The first-order valence-electron chi connectivity index (χ1n) is 8.64. The summed E-state index contributed by atoms with van der Waals surface area (Å²) in [5.74, 6) is -0.716. The summed E-state index contributed by atoms with van der Waals surface area (Å²) in [7, 11) is 0. The Kier molecular flexibility index (Phi) is 5.86. The van der Waals surface area contributed by atoms with Crippen LogP contribution < -0.4 is 10.6 Å². The molecule has 2 amide bonds. The average Bonchev–Trinajstić information content (AvgIpc) is 3.14. The van der Waals surface area contributed by atoms with Crippen LogP contribution in [0.15, 0.2) is 54.6 Å². The highest BCUT2D eigenvalue weighted by Gasteiger charge is 2.29. The minimum Gasteiger partial charge on any atom is -0.478 e. The van der Waals surface area contributed by atoms with Crippen molar-refractivity contribution in [2.24, 2.45) is 5.92 Å². The van der Waals surface area contributed by atoms with Gasteiger partial charge in [-0.15, -0.1) is 0 Å². The van der Waals surface area contributed by atoms with Crippen LogP contribution in [0.4, 0.5) is 4.79 Å². The quantitative estimate of drug-likeness (QED) is 0.744. The van der Waals surface area contributed by atoms with Gasteiger partial charge in [-0.1, -0.05) is 42.5 Å². The highest BCUT2D eigenvalue weighted by Crippen LogP contribution is 2.33. The third-order valence-electron chi connectivity index (χ3n) is 4.52. The topological polar surface area (TPSA) is 87.7 Å². The van der Waals surface area contributed by atoms with Gasteiger partial charge in [0.2, 0.25) is 0 Å². The molecule has 1 aliphatic rings. The number of carbonyl (C=O) groups is 2. The Morgan fingerprint density at radius 2 is 1.77 bits per heavy atom. The number of hydrogen-bond donors (Lipinski definition) is 3. The van der Waals surface area contributed by atoms with Crippen molar-refractivity contribution in [2.75, 3.05) is 13.2 Å². The van der Waals surface area contributed by atoms with Gasteiger partial charge in [-0.25, -0.2) is 9.59 Å². The van der Waals surface area contributed by atoms with Gasteiger partial charge in [-0.2, -0.15) is 0 Å². The molecular weight excluding hydrogens is 332 g/mol. The molecule has 1 aliphatic heterocycles. The van der Waals surface area contributed by atoms with Crippen molar-refractivity contribution in [2.45, 2.75) is 19.1 Å². The molecule has 3 rings (SSSR count). The van der Waals surface area contributed by atoms with Crippen LogP contribution in [0.25, 0.3) is 0 Å². The number of carboxylic acid groups (broad SMARTS) is 1. The minimum atomic E-state index is -0.964. The van der Waals surface area contributed by atoms with Gasteiger partial charge in [0, 0.05) is 25.6 Å². The second kappa shape index (κ2) is 8.49. The molecule has 3 N–H and O–H groups in total. The van der Waals surface area contributed by atoms with E-state index in [0.717, 1.165) is 17.5 Å². The number of aromatic carboxylic acids is 1. The predicted octanol–water partition coefficient (Wildman–Crippen LogP) is 2.96. The number of amides is 2. The number of urea groups is 1. The Morgan fingerprint density at radius 3 is 2.46 bits per heavy atom. The summed E-state index contributed by atoms with van der Waals surface area (Å²) in [6.45, 7) is 1.59. The molecule has 1 heterocycles. The Hall–Kier alpha value is -2.86. The van der Waals surface area contributed by atoms with Crippen LogP contribution in [0, 0.1) is 5.92 Å². The van der Waals surface area contributed by atoms with Crippen molar-refractivity contribution in [1.82, 2.24) is 10.6 Å². The van der Waals surface area contributed by atoms with Gasteiger partial charge in [-0.05, 0) is 29.7 Å². The highest BCUT2D eigenvalue weighted by molar-refractivity contribution is 5.87. The molecule has 2 aromatic rings. The summed E-state index contributed by atoms with van der Waals surface area (Å²) < 4.78 is 5.82. The Labute approximate surface area is 152 Å². The van der Waals surface area contributed by atoms with E-state index in [9.17, 15) is 9.59 Å². The standard InChI is InChI=1S/C20H22N2O4/c23-19(24)16-8-6-14(7-9-16)12-21-20(25)22-13-17-10-11-26-18(17)15-4-2-1-3-5-15/h1-9,17-18H,10-13H2,(H,23,24)(H2,21,22,25). The maximum absolute atomic E-state index is 12.0. The van der Waals surface area contributed by atoms with Gasteiger partial charge in [0.25, 0.3) is 0 Å². The minimum absolute atomic E-state index is 0.0139. The monoisotopic (exact) mass is 354 g/mol. The summed E-state index contributed by atoms with van der Waals surface area (Å²) in [5.41, 5.74) is 2.21. The van der Waals surface area contributed by atoms with Crippen LogP contribution in [-0.4, -0.2) is 30.3 Å². The van der Waals surface area contributed by atoms with Crippen LogP contribution in [-0.2, 0) is 11.3 Å². The maximum atomic E-state index is 12.0. The van der Waals surface area contributed by atoms with Gasteiger partial charge in [0.1, 0.15) is 0 Å². The molecule has 1 saturated heterocycles. The lowest BCUT2D eigenvalue weighted by atomic mass is 9.95. The summed E-state index contributed by atoms with van der Waals surface area (Å²) in [6, 6.07) is 16.2. The first-order chi connectivity index (χ1) is 12.6. The lowest BCUT2D eigenvalue weighted by Crippen LogP contribution is -2.38. The van der Waals surface area contributed by atoms with Crippen molar-refractivity contribution in [1.29, 1.82) is 0 Å². The molecule has 6 heteroatoms. The number of carbonyl (C=O) groups excluding carboxylic acids is 1. The van der Waals surface area contributed by atoms with Crippen LogP contribution in [0.5, 0.6) is 0 Å². The zero-order valence-corrected chi connectivity index (χ0v) is 14.4. The number of hydrogen-bond acceptors (Lipinski definition) is 3. The molecule has 0 bridgehead atoms. The first kappa shape index (κ1) is 17.9. The van der Waals surface area contributed by atoms with Gasteiger partial charge in [0.05, 0.1) is 11.7 Å². The van der Waals surface area contributed by atoms with E-state index in [1.54, 1.807) is 12.1 Å². The molecule has 0 aromatic heterocycles. The van der Waals surface area contributed by atoms with Crippen molar-refractivity contribution in [3.8, 4) is 0 Å². The van der Waals surface area contributed by atoms with Crippen molar-refractivity contribution in [3.63, 3.8) is 0 Å². The molecule has 6 nitrogen and oxygen atoms in total. The third-order valence-corrected chi connectivity index (χ3v) is 4.52. The van der Waals surface area contributed by atoms with Crippen molar-refractivity contribution >= 4 is 12.0 Å². The first-order valence-corrected chi connectivity index (χ1v) is 8.64. The molecule has 136 valence electrons. The Balaban J connectivity index is 1.45. The molecule has 26 heavy (non-hydrogen) atoms. The smallest absolute Gasteiger partial charge is 0.335 e. The van der Waals surface area contributed by atoms with Crippen molar-refractivity contribution < 1.29 is 19.4 Å². The summed E-state index contributed by atoms with van der Waals surface area (Å²) in [4.78, 5) is 22.9. The van der Waals surface area contributed by atoms with E-state index < -0.39 is 5.97 Å². The predicted molar refractivity (Wildman–Crippen MR) is 96.9 cm³/mol. The SMILES string of the molecule is O=C(NCc1ccc(C(=O)O)cc1)NCC1CCOC1c1ccccc1. The molecule has 1 fully saturated rings. The number of rotatable bonds is 6. The van der Waals surface area contributed by atoms with Gasteiger partial charge in [-0.3, -0.25) is 0 Å². The summed E-state index contributed by atoms with van der Waals surface area (Å²) in [5, 5.41) is 14.6. The van der Waals surface area contributed by atoms with E-state index in [0.29, 0.717) is 19.7 Å². The van der Waals surface area contributed by atoms with Crippen LogP contribution in [0.3, 0.4) is 0 Å². The second-order valence-electron chi connectivity index (χ2n) is 6.32. The van der Waals surface area contributed by atoms with Crippen LogP contribution in [0.2, 0.25) is 0 Å². The zero-order chi connectivity index (χ0) is 18.4. The lowest BCUT2D eigenvalue weighted by Gasteiger charge is -2.19. The Bertz CT molecular complexity index is 746. The van der Waals surface area contributed by atoms with Gasteiger partial charge in [0.15, 0.2) is 0 Å². The van der Waals surface area contributed by atoms with E-state index >= 15 is 0 Å². The normalized spacial score (nSPS) is 19.1. The highest BCUT2D eigenvalue weighted by atomic mass is 16.5. The van der Waals surface area contributed by atoms with E-state index in [1.165, 1.54) is 12.1 Å². The van der Waals surface area contributed by atoms with E-state index in [-0.39, 0.29) is 23.6 Å². The van der Waals surface area contributed by atoms with Crippen LogP contribution >= 0.6 is 0 Å². The fourth-order valence-corrected chi connectivity index (χ4v) is 3.09. The van der Waals surface area contributed by atoms with Gasteiger partial charge >= 0.3 is 12.0 Å². The second-order valence-corrected chi connectivity index (χ2v) is 6.32. The van der Waals surface area contributed by atoms with E-state index in [4.69, 9.17) is 9.84 Å². The number of ether oxygens (including phenoxy) is 1. The van der Waals surface area contributed by atoms with Gasteiger partial charge < -0.3 is 20.5 Å². The summed E-state index contributed by atoms with van der Waals surface area (Å²) in [6.07, 6.45) is 0.927. The maximum Gasteiger partial charge on any atom is 0.335 e.